The van der Waals surface area contributed by atoms with Crippen molar-refractivity contribution >= 4 is 11.6 Å². The lowest BCUT2D eigenvalue weighted by Gasteiger charge is -2.17. The predicted octanol–water partition coefficient (Wildman–Crippen LogP) is 2.04. The van der Waals surface area contributed by atoms with Gasteiger partial charge >= 0.3 is 0 Å². The number of aliphatic hydroxyl groups excluding tert-OH is 1. The van der Waals surface area contributed by atoms with Crippen molar-refractivity contribution in [3.05, 3.63) is 28.3 Å². The van der Waals surface area contributed by atoms with Gasteiger partial charge in [-0.3, -0.25) is 4.90 Å². The van der Waals surface area contributed by atoms with Gasteiger partial charge < -0.3 is 9.84 Å². The van der Waals surface area contributed by atoms with Gasteiger partial charge in [-0.1, -0.05) is 11.6 Å². The van der Waals surface area contributed by atoms with Gasteiger partial charge in [0.25, 0.3) is 0 Å². The molecular weight excluding hydrogens is 214 g/mol. The van der Waals surface area contributed by atoms with E-state index in [0.29, 0.717) is 11.6 Å². The number of nitrogens with zero attached hydrogens (tertiary/aromatic N) is 1. The first-order valence-electron chi connectivity index (χ1n) is 4.71. The number of halogens is 1. The molecule has 1 aromatic rings. The SMILES string of the molecule is COc1c(C)cc(Cl)cc1CN(C)CO. The number of ether oxygens (including phenoxy) is 1. The number of hydrogen-bond donors (Lipinski definition) is 1. The van der Waals surface area contributed by atoms with Crippen molar-refractivity contribution in [2.75, 3.05) is 20.9 Å². The minimum Gasteiger partial charge on any atom is -0.496 e. The van der Waals surface area contributed by atoms with Crippen LogP contribution in [0, 0.1) is 6.92 Å². The summed E-state index contributed by atoms with van der Waals surface area (Å²) < 4.78 is 5.31. The van der Waals surface area contributed by atoms with Crippen LogP contribution >= 0.6 is 11.6 Å². The molecule has 0 unspecified atom stereocenters. The molecule has 0 bridgehead atoms. The Kier molecular flexibility index (Phi) is 4.39. The van der Waals surface area contributed by atoms with Gasteiger partial charge in [0.2, 0.25) is 0 Å². The molecule has 0 fully saturated rings. The highest BCUT2D eigenvalue weighted by Crippen LogP contribution is 2.28. The van der Waals surface area contributed by atoms with Crippen molar-refractivity contribution in [3.8, 4) is 5.75 Å². The third-order valence-corrected chi connectivity index (χ3v) is 2.42. The first kappa shape index (κ1) is 12.3. The van der Waals surface area contributed by atoms with Gasteiger partial charge in [0, 0.05) is 17.1 Å². The van der Waals surface area contributed by atoms with Crippen LogP contribution in [0.3, 0.4) is 0 Å². The normalized spacial score (nSPS) is 10.8. The average molecular weight is 230 g/mol. The second-order valence-electron chi connectivity index (χ2n) is 3.57. The summed E-state index contributed by atoms with van der Waals surface area (Å²) in [6, 6.07) is 3.72. The molecule has 0 aliphatic heterocycles. The number of aliphatic hydroxyl groups is 1. The fourth-order valence-corrected chi connectivity index (χ4v) is 1.84. The van der Waals surface area contributed by atoms with Crippen molar-refractivity contribution in [1.82, 2.24) is 4.90 Å². The first-order chi connectivity index (χ1) is 7.08. The van der Waals surface area contributed by atoms with Crippen LogP contribution in [0.15, 0.2) is 12.1 Å². The first-order valence-corrected chi connectivity index (χ1v) is 5.08. The maximum absolute atomic E-state index is 8.95. The second-order valence-corrected chi connectivity index (χ2v) is 4.01. The van der Waals surface area contributed by atoms with Crippen LogP contribution in [0.25, 0.3) is 0 Å². The van der Waals surface area contributed by atoms with E-state index in [4.69, 9.17) is 21.4 Å². The van der Waals surface area contributed by atoms with Crippen LogP contribution in [0.5, 0.6) is 5.75 Å². The zero-order valence-corrected chi connectivity index (χ0v) is 10.0. The van der Waals surface area contributed by atoms with Crippen molar-refractivity contribution < 1.29 is 9.84 Å². The van der Waals surface area contributed by atoms with Gasteiger partial charge in [0.1, 0.15) is 5.75 Å². The molecule has 0 aliphatic rings. The van der Waals surface area contributed by atoms with Crippen molar-refractivity contribution in [1.29, 1.82) is 0 Å². The molecule has 0 amide bonds. The van der Waals surface area contributed by atoms with Crippen LogP contribution < -0.4 is 4.74 Å². The lowest BCUT2D eigenvalue weighted by atomic mass is 10.1. The Morgan fingerprint density at radius 2 is 2.13 bits per heavy atom. The van der Waals surface area contributed by atoms with E-state index in [0.717, 1.165) is 16.9 Å². The smallest absolute Gasteiger partial charge is 0.126 e. The van der Waals surface area contributed by atoms with Crippen LogP contribution in [0.2, 0.25) is 5.02 Å². The maximum Gasteiger partial charge on any atom is 0.126 e. The molecule has 84 valence electrons. The molecule has 1 rings (SSSR count). The molecule has 1 N–H and O–H groups in total. The minimum absolute atomic E-state index is 0.00865. The summed E-state index contributed by atoms with van der Waals surface area (Å²) in [5.41, 5.74) is 1.99. The van der Waals surface area contributed by atoms with Gasteiger partial charge in [0.05, 0.1) is 13.8 Å². The number of rotatable bonds is 4. The summed E-state index contributed by atoms with van der Waals surface area (Å²) in [6.07, 6.45) is 0. The summed E-state index contributed by atoms with van der Waals surface area (Å²) in [5, 5.41) is 9.64. The number of hydrogen-bond acceptors (Lipinski definition) is 3. The molecule has 4 heteroatoms. The molecule has 15 heavy (non-hydrogen) atoms. The van der Waals surface area contributed by atoms with Gasteiger partial charge in [-0.15, -0.1) is 0 Å². The molecule has 1 aromatic carbocycles. The van der Waals surface area contributed by atoms with Gasteiger partial charge in [0.15, 0.2) is 0 Å². The van der Waals surface area contributed by atoms with E-state index >= 15 is 0 Å². The van der Waals surface area contributed by atoms with E-state index < -0.39 is 0 Å². The Labute approximate surface area is 95.2 Å². The summed E-state index contributed by atoms with van der Waals surface area (Å²) in [5.74, 6) is 0.833. The molecule has 0 saturated carbocycles. The van der Waals surface area contributed by atoms with Crippen LogP contribution in [-0.2, 0) is 6.54 Å². The molecule has 0 radical (unpaired) electrons. The standard InChI is InChI=1S/C11H16ClNO2/c1-8-4-10(12)5-9(11(8)15-3)6-13(2)7-14/h4-5,14H,6-7H2,1-3H3. The quantitative estimate of drug-likeness (QED) is 0.803. The van der Waals surface area contributed by atoms with Gasteiger partial charge in [-0.25, -0.2) is 0 Å². The number of aryl methyl sites for hydroxylation is 1. The van der Waals surface area contributed by atoms with E-state index in [-0.39, 0.29) is 6.73 Å². The largest absolute Gasteiger partial charge is 0.496 e. The molecule has 0 atom stereocenters. The molecule has 0 aliphatic carbocycles. The highest BCUT2D eigenvalue weighted by atomic mass is 35.5. The Morgan fingerprint density at radius 3 is 2.67 bits per heavy atom. The molecule has 3 nitrogen and oxygen atoms in total. The number of benzene rings is 1. The van der Waals surface area contributed by atoms with Crippen LogP contribution in [0.4, 0.5) is 0 Å². The van der Waals surface area contributed by atoms with Crippen LogP contribution in [0.1, 0.15) is 11.1 Å². The van der Waals surface area contributed by atoms with E-state index in [1.807, 2.05) is 26.1 Å². The lowest BCUT2D eigenvalue weighted by molar-refractivity contribution is 0.126. The van der Waals surface area contributed by atoms with Gasteiger partial charge in [-0.2, -0.15) is 0 Å². The fraction of sp³-hybridized carbons (Fsp3) is 0.455. The molecule has 0 aromatic heterocycles. The van der Waals surface area contributed by atoms with Crippen molar-refractivity contribution in [2.24, 2.45) is 0 Å². The van der Waals surface area contributed by atoms with Gasteiger partial charge in [-0.05, 0) is 31.7 Å². The average Bonchev–Trinajstić information content (AvgIpc) is 2.17. The summed E-state index contributed by atoms with van der Waals surface area (Å²) in [7, 11) is 3.47. The topological polar surface area (TPSA) is 32.7 Å². The van der Waals surface area contributed by atoms with Crippen molar-refractivity contribution in [2.45, 2.75) is 13.5 Å². The van der Waals surface area contributed by atoms with Crippen molar-refractivity contribution in [3.63, 3.8) is 0 Å². The van der Waals surface area contributed by atoms with E-state index in [9.17, 15) is 0 Å². The molecule has 0 spiro atoms. The summed E-state index contributed by atoms with van der Waals surface area (Å²) in [4.78, 5) is 1.77. The summed E-state index contributed by atoms with van der Waals surface area (Å²) >= 11 is 5.97. The second kappa shape index (κ2) is 5.35. The van der Waals surface area contributed by atoms with Crippen LogP contribution in [-0.4, -0.2) is 30.9 Å². The van der Waals surface area contributed by atoms with E-state index in [1.165, 1.54) is 0 Å². The highest BCUT2D eigenvalue weighted by Gasteiger charge is 2.09. The number of methoxy groups -OCH3 is 1. The fourth-order valence-electron chi connectivity index (χ4n) is 1.55. The predicted molar refractivity (Wildman–Crippen MR) is 61.3 cm³/mol. The van der Waals surface area contributed by atoms with E-state index in [1.54, 1.807) is 12.0 Å². The maximum atomic E-state index is 8.95. The minimum atomic E-state index is 0.00865. The summed E-state index contributed by atoms with van der Waals surface area (Å²) in [6.45, 7) is 2.57. The third-order valence-electron chi connectivity index (χ3n) is 2.20. The third kappa shape index (κ3) is 3.09. The Bertz CT molecular complexity index is 342. The Hall–Kier alpha value is -0.770. The molecular formula is C11H16ClNO2. The van der Waals surface area contributed by atoms with E-state index in [2.05, 4.69) is 0 Å². The Balaban J connectivity index is 3.03. The molecule has 0 heterocycles. The highest BCUT2D eigenvalue weighted by molar-refractivity contribution is 6.30. The Morgan fingerprint density at radius 1 is 1.47 bits per heavy atom. The monoisotopic (exact) mass is 229 g/mol. The zero-order chi connectivity index (χ0) is 11.4. The molecule has 0 saturated heterocycles. The zero-order valence-electron chi connectivity index (χ0n) is 9.25. The lowest BCUT2D eigenvalue weighted by Crippen LogP contribution is -2.19.